The Morgan fingerprint density at radius 1 is 1.24 bits per heavy atom. The molecule has 21 heavy (non-hydrogen) atoms. The molecule has 0 aliphatic heterocycles. The molecule has 2 aromatic rings. The van der Waals surface area contributed by atoms with E-state index in [1.165, 1.54) is 30.6 Å². The van der Waals surface area contributed by atoms with Gasteiger partial charge in [0.05, 0.1) is 18.4 Å². The number of benzene rings is 1. The van der Waals surface area contributed by atoms with Crippen LogP contribution < -0.4 is 4.72 Å². The third-order valence-electron chi connectivity index (χ3n) is 2.83. The highest BCUT2D eigenvalue weighted by Gasteiger charge is 2.20. The van der Waals surface area contributed by atoms with Crippen molar-refractivity contribution in [3.63, 3.8) is 0 Å². The fourth-order valence-electron chi connectivity index (χ4n) is 1.75. The lowest BCUT2D eigenvalue weighted by Crippen LogP contribution is -2.15. The van der Waals surface area contributed by atoms with Gasteiger partial charge in [-0.15, -0.1) is 11.3 Å². The molecule has 0 spiro atoms. The van der Waals surface area contributed by atoms with Crippen molar-refractivity contribution >= 4 is 33.0 Å². The van der Waals surface area contributed by atoms with E-state index in [1.807, 2.05) is 6.92 Å². The highest BCUT2D eigenvalue weighted by Crippen LogP contribution is 2.26. The van der Waals surface area contributed by atoms with E-state index in [1.54, 1.807) is 24.3 Å². The molecular weight excluding hydrogens is 310 g/mol. The van der Waals surface area contributed by atoms with E-state index in [9.17, 15) is 13.2 Å². The minimum absolute atomic E-state index is 0.177. The van der Waals surface area contributed by atoms with Gasteiger partial charge in [0, 0.05) is 4.88 Å². The number of ether oxygens (including phenoxy) is 1. The first-order valence-electron chi connectivity index (χ1n) is 6.27. The van der Waals surface area contributed by atoms with Crippen molar-refractivity contribution in [1.29, 1.82) is 0 Å². The van der Waals surface area contributed by atoms with E-state index in [2.05, 4.69) is 9.46 Å². The number of nitrogens with one attached hydrogen (secondary N) is 1. The maximum atomic E-state index is 12.3. The van der Waals surface area contributed by atoms with E-state index in [0.29, 0.717) is 0 Å². The average molecular weight is 325 g/mol. The number of esters is 1. The normalized spacial score (nSPS) is 11.1. The first-order valence-corrected chi connectivity index (χ1v) is 8.56. The molecule has 0 aliphatic rings. The summed E-state index contributed by atoms with van der Waals surface area (Å²) in [6.45, 7) is 1.96. The van der Waals surface area contributed by atoms with Gasteiger partial charge >= 0.3 is 5.97 Å². The average Bonchev–Trinajstić information content (AvgIpc) is 2.96. The molecule has 0 saturated heterocycles. The number of carbonyl (C=O) groups excluding carboxylic acids is 1. The quantitative estimate of drug-likeness (QED) is 0.858. The Balaban J connectivity index is 2.35. The van der Waals surface area contributed by atoms with Gasteiger partial charge in [0.1, 0.15) is 4.21 Å². The van der Waals surface area contributed by atoms with E-state index in [4.69, 9.17) is 0 Å². The zero-order valence-electron chi connectivity index (χ0n) is 11.6. The standard InChI is InChI=1S/C14H15NO4S2/c1-3-10-8-9-13(20-10)21(17,18)15-12-7-5-4-6-11(12)14(16)19-2/h4-9,15H,3H2,1-2H3. The van der Waals surface area contributed by atoms with E-state index < -0.39 is 16.0 Å². The molecular formula is C14H15NO4S2. The van der Waals surface area contributed by atoms with Crippen molar-refractivity contribution in [2.24, 2.45) is 0 Å². The summed E-state index contributed by atoms with van der Waals surface area (Å²) in [6, 6.07) is 9.67. The van der Waals surface area contributed by atoms with Crippen LogP contribution in [0.2, 0.25) is 0 Å². The summed E-state index contributed by atoms with van der Waals surface area (Å²) in [6.07, 6.45) is 0.777. The van der Waals surface area contributed by atoms with Crippen LogP contribution in [0, 0.1) is 0 Å². The minimum Gasteiger partial charge on any atom is -0.465 e. The van der Waals surface area contributed by atoms with Crippen molar-refractivity contribution in [1.82, 2.24) is 0 Å². The summed E-state index contributed by atoms with van der Waals surface area (Å²) in [4.78, 5) is 12.6. The van der Waals surface area contributed by atoms with Crippen molar-refractivity contribution in [2.45, 2.75) is 17.6 Å². The minimum atomic E-state index is -3.71. The molecule has 7 heteroatoms. The van der Waals surface area contributed by atoms with Gasteiger partial charge in [0.2, 0.25) is 0 Å². The number of hydrogen-bond acceptors (Lipinski definition) is 5. The fraction of sp³-hybridized carbons (Fsp3) is 0.214. The summed E-state index contributed by atoms with van der Waals surface area (Å²) >= 11 is 1.21. The smallest absolute Gasteiger partial charge is 0.339 e. The van der Waals surface area contributed by atoms with Crippen molar-refractivity contribution in [3.8, 4) is 0 Å². The topological polar surface area (TPSA) is 72.5 Å². The number of carbonyl (C=O) groups is 1. The Morgan fingerprint density at radius 2 is 1.95 bits per heavy atom. The van der Waals surface area contributed by atoms with E-state index in [0.717, 1.165) is 11.3 Å². The van der Waals surface area contributed by atoms with Gasteiger partial charge in [-0.3, -0.25) is 4.72 Å². The van der Waals surface area contributed by atoms with Crippen LogP contribution in [0.1, 0.15) is 22.2 Å². The second kappa shape index (κ2) is 6.28. The number of methoxy groups -OCH3 is 1. The molecule has 0 radical (unpaired) electrons. The van der Waals surface area contributed by atoms with Crippen LogP contribution in [0.25, 0.3) is 0 Å². The molecule has 112 valence electrons. The van der Waals surface area contributed by atoms with Crippen molar-refractivity contribution in [2.75, 3.05) is 11.8 Å². The molecule has 0 atom stereocenters. The van der Waals surface area contributed by atoms with Crippen LogP contribution in [0.4, 0.5) is 5.69 Å². The molecule has 5 nitrogen and oxygen atoms in total. The number of aryl methyl sites for hydroxylation is 1. The summed E-state index contributed by atoms with van der Waals surface area (Å²) in [5, 5.41) is 0. The number of hydrogen-bond donors (Lipinski definition) is 1. The van der Waals surface area contributed by atoms with Gasteiger partial charge in [-0.25, -0.2) is 13.2 Å². The van der Waals surface area contributed by atoms with Gasteiger partial charge in [-0.2, -0.15) is 0 Å². The van der Waals surface area contributed by atoms with Crippen LogP contribution in [0.5, 0.6) is 0 Å². The number of thiophene rings is 1. The summed E-state index contributed by atoms with van der Waals surface area (Å²) in [5.74, 6) is -0.589. The largest absolute Gasteiger partial charge is 0.465 e. The first-order chi connectivity index (χ1) is 9.97. The molecule has 0 bridgehead atoms. The number of rotatable bonds is 5. The fourth-order valence-corrected chi connectivity index (χ4v) is 4.12. The Bertz CT molecular complexity index is 750. The maximum Gasteiger partial charge on any atom is 0.339 e. The lowest BCUT2D eigenvalue weighted by atomic mass is 10.2. The maximum absolute atomic E-state index is 12.3. The van der Waals surface area contributed by atoms with E-state index >= 15 is 0 Å². The van der Waals surface area contributed by atoms with Crippen LogP contribution in [0.15, 0.2) is 40.6 Å². The highest BCUT2D eigenvalue weighted by atomic mass is 32.2. The molecule has 0 fully saturated rings. The summed E-state index contributed by atoms with van der Waals surface area (Å²) < 4.78 is 32.0. The molecule has 0 unspecified atom stereocenters. The van der Waals surface area contributed by atoms with Gasteiger partial charge in [0.25, 0.3) is 10.0 Å². The van der Waals surface area contributed by atoms with Crippen molar-refractivity contribution < 1.29 is 17.9 Å². The van der Waals surface area contributed by atoms with Gasteiger partial charge in [0.15, 0.2) is 0 Å². The molecule has 1 N–H and O–H groups in total. The predicted octanol–water partition coefficient (Wildman–Crippen LogP) is 2.90. The van der Waals surface area contributed by atoms with Crippen LogP contribution in [-0.4, -0.2) is 21.5 Å². The van der Waals surface area contributed by atoms with Crippen molar-refractivity contribution in [3.05, 3.63) is 46.8 Å². The highest BCUT2D eigenvalue weighted by molar-refractivity contribution is 7.94. The van der Waals surface area contributed by atoms with Crippen LogP contribution >= 0.6 is 11.3 Å². The molecule has 1 aromatic heterocycles. The Morgan fingerprint density at radius 3 is 2.57 bits per heavy atom. The van der Waals surface area contributed by atoms with E-state index in [-0.39, 0.29) is 15.5 Å². The number of para-hydroxylation sites is 1. The van der Waals surface area contributed by atoms with Gasteiger partial charge in [-0.1, -0.05) is 19.1 Å². The molecule has 0 saturated carbocycles. The van der Waals surface area contributed by atoms with Crippen LogP contribution in [0.3, 0.4) is 0 Å². The third-order valence-corrected chi connectivity index (χ3v) is 5.91. The SMILES string of the molecule is CCc1ccc(S(=O)(=O)Nc2ccccc2C(=O)OC)s1. The molecule has 1 aromatic carbocycles. The second-order valence-corrected chi connectivity index (χ2v) is 7.29. The number of sulfonamides is 1. The molecule has 0 aliphatic carbocycles. The lowest BCUT2D eigenvalue weighted by Gasteiger charge is -2.10. The Labute approximate surface area is 127 Å². The van der Waals surface area contributed by atoms with Gasteiger partial charge in [-0.05, 0) is 30.7 Å². The summed E-state index contributed by atoms with van der Waals surface area (Å²) in [7, 11) is -2.46. The zero-order chi connectivity index (χ0) is 15.5. The monoisotopic (exact) mass is 325 g/mol. The van der Waals surface area contributed by atoms with Gasteiger partial charge < -0.3 is 4.74 Å². The van der Waals surface area contributed by atoms with Crippen LogP contribution in [-0.2, 0) is 21.2 Å². The lowest BCUT2D eigenvalue weighted by molar-refractivity contribution is 0.0602. The summed E-state index contributed by atoms with van der Waals surface area (Å²) in [5.41, 5.74) is 0.381. The molecule has 2 rings (SSSR count). The Kier molecular flexibility index (Phi) is 4.64. The second-order valence-electron chi connectivity index (χ2n) is 4.22. The molecule has 1 heterocycles. The molecule has 0 amide bonds. The Hall–Kier alpha value is -1.86. The zero-order valence-corrected chi connectivity index (χ0v) is 13.3. The first kappa shape index (κ1) is 15.5. The predicted molar refractivity (Wildman–Crippen MR) is 82.3 cm³/mol. The third kappa shape index (κ3) is 3.43. The number of anilines is 1.